The summed E-state index contributed by atoms with van der Waals surface area (Å²) < 4.78 is 27.4. The Morgan fingerprint density at radius 3 is 2.06 bits per heavy atom. The first-order valence-corrected chi connectivity index (χ1v) is 7.93. The highest BCUT2D eigenvalue weighted by molar-refractivity contribution is 7.53. The average molecular weight is 281 g/mol. The van der Waals surface area contributed by atoms with Crippen LogP contribution >= 0.6 is 7.60 Å². The van der Waals surface area contributed by atoms with Crippen LogP contribution in [0, 0.1) is 5.92 Å². The summed E-state index contributed by atoms with van der Waals surface area (Å²) >= 11 is 0. The molecule has 0 rings (SSSR count). The van der Waals surface area contributed by atoms with Crippen LogP contribution in [-0.2, 0) is 23.1 Å². The van der Waals surface area contributed by atoms with Crippen molar-refractivity contribution in [3.63, 3.8) is 0 Å². The maximum atomic E-state index is 12.3. The van der Waals surface area contributed by atoms with Crippen LogP contribution in [-0.4, -0.2) is 38.0 Å². The summed E-state index contributed by atoms with van der Waals surface area (Å²) in [4.78, 5) is 11.5. The molecule has 0 spiro atoms. The monoisotopic (exact) mass is 281 g/mol. The molecule has 7 heteroatoms. The lowest BCUT2D eigenvalue weighted by Gasteiger charge is -2.23. The molecule has 0 amide bonds. The molecule has 0 unspecified atom stereocenters. The second-order valence-corrected chi connectivity index (χ2v) is 5.99. The zero-order valence-electron chi connectivity index (χ0n) is 11.5. The van der Waals surface area contributed by atoms with E-state index in [2.05, 4.69) is 0 Å². The number of rotatable bonds is 9. The van der Waals surface area contributed by atoms with Crippen LogP contribution in [0.15, 0.2) is 0 Å². The van der Waals surface area contributed by atoms with Gasteiger partial charge in [-0.15, -0.1) is 0 Å². The Balaban J connectivity index is 4.54. The predicted molar refractivity (Wildman–Crippen MR) is 69.5 cm³/mol. The van der Waals surface area contributed by atoms with Gasteiger partial charge in [0.1, 0.15) is 6.04 Å². The second-order valence-electron chi connectivity index (χ2n) is 3.88. The molecule has 0 aliphatic rings. The fourth-order valence-electron chi connectivity index (χ4n) is 1.47. The van der Waals surface area contributed by atoms with E-state index in [-0.39, 0.29) is 18.7 Å². The minimum atomic E-state index is -3.18. The molecular formula is C11H24NO5P. The Hall–Kier alpha value is -0.420. The molecule has 0 bridgehead atoms. The molecule has 0 heterocycles. The molecule has 2 N–H and O–H groups in total. The maximum Gasteiger partial charge on any atom is 0.331 e. The van der Waals surface area contributed by atoms with E-state index in [0.29, 0.717) is 13.2 Å². The van der Waals surface area contributed by atoms with E-state index < -0.39 is 19.6 Å². The molecule has 0 aliphatic carbocycles. The van der Waals surface area contributed by atoms with Crippen molar-refractivity contribution in [2.45, 2.75) is 33.7 Å². The van der Waals surface area contributed by atoms with Gasteiger partial charge in [0, 0.05) is 0 Å². The van der Waals surface area contributed by atoms with E-state index in [1.54, 1.807) is 27.7 Å². The van der Waals surface area contributed by atoms with Crippen molar-refractivity contribution < 1.29 is 23.1 Å². The normalized spacial score (nSPS) is 15.2. The highest BCUT2D eigenvalue weighted by Crippen LogP contribution is 2.49. The smallest absolute Gasteiger partial charge is 0.331 e. The fourth-order valence-corrected chi connectivity index (χ4v) is 3.48. The summed E-state index contributed by atoms with van der Waals surface area (Å²) in [6, 6.07) is -0.820. The lowest BCUT2D eigenvalue weighted by Crippen LogP contribution is -2.39. The number of nitrogens with two attached hydrogens (primary N) is 1. The van der Waals surface area contributed by atoms with Gasteiger partial charge in [0.2, 0.25) is 0 Å². The number of carbonyl (C=O) groups is 1. The summed E-state index contributed by atoms with van der Waals surface area (Å²) in [5, 5.41) is 0. The molecule has 2 atom stereocenters. The van der Waals surface area contributed by atoms with Crippen molar-refractivity contribution in [3.8, 4) is 0 Å². The van der Waals surface area contributed by atoms with Crippen molar-refractivity contribution in [2.75, 3.05) is 26.0 Å². The molecule has 0 radical (unpaired) electrons. The molecule has 0 saturated carbocycles. The van der Waals surface area contributed by atoms with Gasteiger partial charge < -0.3 is 19.5 Å². The largest absolute Gasteiger partial charge is 0.465 e. The summed E-state index contributed by atoms with van der Waals surface area (Å²) in [6.07, 6.45) is 0.106. The van der Waals surface area contributed by atoms with Gasteiger partial charge in [-0.25, -0.2) is 0 Å². The van der Waals surface area contributed by atoms with Crippen LogP contribution in [0.2, 0.25) is 0 Å². The number of esters is 1. The van der Waals surface area contributed by atoms with Crippen LogP contribution in [0.1, 0.15) is 27.7 Å². The number of hydrogen-bond donors (Lipinski definition) is 1. The predicted octanol–water partition coefficient (Wildman–Crippen LogP) is 1.78. The third kappa shape index (κ3) is 5.96. The van der Waals surface area contributed by atoms with Crippen LogP contribution in [0.25, 0.3) is 0 Å². The van der Waals surface area contributed by atoms with Crippen molar-refractivity contribution in [3.05, 3.63) is 0 Å². The summed E-state index contributed by atoms with van der Waals surface area (Å²) in [5.74, 6) is -0.836. The molecule has 0 saturated heterocycles. The SMILES string of the molecule is CCOC(=O)[C@@H](N)[C@@H](C)CP(=O)(OCC)OCC. The average Bonchev–Trinajstić information content (AvgIpc) is 2.28. The van der Waals surface area contributed by atoms with Crippen molar-refractivity contribution in [1.29, 1.82) is 0 Å². The van der Waals surface area contributed by atoms with Gasteiger partial charge in [0.05, 0.1) is 26.0 Å². The van der Waals surface area contributed by atoms with Gasteiger partial charge >= 0.3 is 13.6 Å². The van der Waals surface area contributed by atoms with E-state index in [4.69, 9.17) is 19.5 Å². The molecule has 0 aromatic rings. The minimum Gasteiger partial charge on any atom is -0.465 e. The van der Waals surface area contributed by atoms with E-state index in [1.165, 1.54) is 0 Å². The van der Waals surface area contributed by atoms with Crippen LogP contribution in [0.4, 0.5) is 0 Å². The summed E-state index contributed by atoms with van der Waals surface area (Å²) in [5.41, 5.74) is 5.74. The standard InChI is InChI=1S/C11H24NO5P/c1-5-15-11(13)10(12)9(4)8-18(14,16-6-2)17-7-3/h9-10H,5-8,12H2,1-4H3/t9-,10-/m0/s1. The molecule has 0 aromatic heterocycles. The summed E-state index contributed by atoms with van der Waals surface area (Å²) in [6.45, 7) is 7.77. The van der Waals surface area contributed by atoms with Gasteiger partial charge in [-0.2, -0.15) is 0 Å². The fraction of sp³-hybridized carbons (Fsp3) is 0.909. The molecule has 18 heavy (non-hydrogen) atoms. The van der Waals surface area contributed by atoms with Crippen molar-refractivity contribution >= 4 is 13.6 Å². The zero-order chi connectivity index (χ0) is 14.2. The lowest BCUT2D eigenvalue weighted by atomic mass is 10.1. The topological polar surface area (TPSA) is 87.9 Å². The Bertz CT molecular complexity index is 287. The van der Waals surface area contributed by atoms with E-state index >= 15 is 0 Å². The zero-order valence-corrected chi connectivity index (χ0v) is 12.4. The molecular weight excluding hydrogens is 257 g/mol. The number of hydrogen-bond acceptors (Lipinski definition) is 6. The molecule has 108 valence electrons. The highest BCUT2D eigenvalue weighted by Gasteiger charge is 2.32. The Kier molecular flexibility index (Phi) is 8.44. The van der Waals surface area contributed by atoms with Crippen molar-refractivity contribution in [2.24, 2.45) is 11.7 Å². The van der Waals surface area contributed by atoms with Gasteiger partial charge in [0.25, 0.3) is 0 Å². The maximum absolute atomic E-state index is 12.3. The molecule has 0 aromatic carbocycles. The lowest BCUT2D eigenvalue weighted by molar-refractivity contribution is -0.145. The Morgan fingerprint density at radius 2 is 1.67 bits per heavy atom. The first-order chi connectivity index (χ1) is 8.40. The van der Waals surface area contributed by atoms with Gasteiger partial charge in [-0.1, -0.05) is 6.92 Å². The van der Waals surface area contributed by atoms with Gasteiger partial charge in [-0.05, 0) is 26.7 Å². The van der Waals surface area contributed by atoms with Crippen LogP contribution in [0.5, 0.6) is 0 Å². The highest BCUT2D eigenvalue weighted by atomic mass is 31.2. The first-order valence-electron chi connectivity index (χ1n) is 6.20. The number of ether oxygens (including phenoxy) is 1. The number of carbonyl (C=O) groups excluding carboxylic acids is 1. The molecule has 0 aliphatic heterocycles. The van der Waals surface area contributed by atoms with Gasteiger partial charge in [-0.3, -0.25) is 9.36 Å². The van der Waals surface area contributed by atoms with Gasteiger partial charge in [0.15, 0.2) is 0 Å². The van der Waals surface area contributed by atoms with Crippen molar-refractivity contribution in [1.82, 2.24) is 0 Å². The Morgan fingerprint density at radius 1 is 1.17 bits per heavy atom. The third-order valence-corrected chi connectivity index (χ3v) is 4.66. The van der Waals surface area contributed by atoms with E-state index in [0.717, 1.165) is 0 Å². The second kappa shape index (κ2) is 8.64. The van der Waals surface area contributed by atoms with Crippen LogP contribution < -0.4 is 5.73 Å². The van der Waals surface area contributed by atoms with E-state index in [9.17, 15) is 9.36 Å². The first kappa shape index (κ1) is 17.6. The molecule has 6 nitrogen and oxygen atoms in total. The third-order valence-electron chi connectivity index (χ3n) is 2.33. The molecule has 0 fully saturated rings. The quantitative estimate of drug-likeness (QED) is 0.512. The van der Waals surface area contributed by atoms with E-state index in [1.807, 2.05) is 0 Å². The Labute approximate surface area is 109 Å². The van der Waals surface area contributed by atoms with Crippen LogP contribution in [0.3, 0.4) is 0 Å². The summed E-state index contributed by atoms with van der Waals surface area (Å²) in [7, 11) is -3.18. The minimum absolute atomic E-state index is 0.106.